The Morgan fingerprint density at radius 1 is 0.419 bits per heavy atom. The fourth-order valence-corrected chi connectivity index (χ4v) is 7.68. The number of hydrogen-bond donors (Lipinski definition) is 0. The molecule has 0 unspecified atom stereocenters. The van der Waals surface area contributed by atoms with Crippen molar-refractivity contribution in [2.75, 3.05) is 0 Å². The maximum atomic E-state index is 5.17. The van der Waals surface area contributed by atoms with Crippen molar-refractivity contribution >= 4 is 64.1 Å². The van der Waals surface area contributed by atoms with Crippen molar-refractivity contribution in [3.63, 3.8) is 0 Å². The van der Waals surface area contributed by atoms with Gasteiger partial charge in [0.1, 0.15) is 0 Å². The number of fused-ring (bicyclic) bond motifs is 9. The highest BCUT2D eigenvalue weighted by Crippen LogP contribution is 2.41. The molecular formula is C40H24N2S. The van der Waals surface area contributed by atoms with Gasteiger partial charge in [-0.15, -0.1) is 11.3 Å². The van der Waals surface area contributed by atoms with Crippen LogP contribution in [-0.4, -0.2) is 9.97 Å². The molecule has 0 radical (unpaired) electrons. The Balaban J connectivity index is 1.24. The third kappa shape index (κ3) is 3.86. The number of nitrogens with zero attached hydrogens (tertiary/aromatic N) is 2. The molecule has 0 saturated carbocycles. The van der Waals surface area contributed by atoms with Gasteiger partial charge in [0.2, 0.25) is 0 Å². The van der Waals surface area contributed by atoms with E-state index in [1.807, 2.05) is 35.7 Å². The lowest BCUT2D eigenvalue weighted by Crippen LogP contribution is -1.92. The largest absolute Gasteiger partial charge is 0.252 e. The van der Waals surface area contributed by atoms with Gasteiger partial charge in [0.05, 0.1) is 22.9 Å². The summed E-state index contributed by atoms with van der Waals surface area (Å²) in [5.41, 5.74) is 8.73. The average Bonchev–Trinajstić information content (AvgIpc) is 3.47. The quantitative estimate of drug-likeness (QED) is 0.199. The van der Waals surface area contributed by atoms with E-state index in [4.69, 9.17) is 9.97 Å². The topological polar surface area (TPSA) is 25.8 Å². The van der Waals surface area contributed by atoms with Crippen LogP contribution in [0.25, 0.3) is 86.3 Å². The molecule has 0 saturated heterocycles. The molecule has 0 spiro atoms. The molecule has 2 aromatic heterocycles. The van der Waals surface area contributed by atoms with Gasteiger partial charge in [0, 0.05) is 36.5 Å². The molecule has 0 aliphatic carbocycles. The first-order valence-corrected chi connectivity index (χ1v) is 15.3. The van der Waals surface area contributed by atoms with E-state index in [9.17, 15) is 0 Å². The van der Waals surface area contributed by atoms with Crippen molar-refractivity contribution in [1.82, 2.24) is 9.97 Å². The highest BCUT2D eigenvalue weighted by molar-refractivity contribution is 7.26. The molecule has 9 rings (SSSR count). The normalized spacial score (nSPS) is 11.7. The zero-order valence-electron chi connectivity index (χ0n) is 23.2. The van der Waals surface area contributed by atoms with Gasteiger partial charge >= 0.3 is 0 Å². The molecule has 0 aliphatic heterocycles. The van der Waals surface area contributed by atoms with Crippen LogP contribution in [0.15, 0.2) is 146 Å². The van der Waals surface area contributed by atoms with Gasteiger partial charge in [-0.25, -0.2) is 4.98 Å². The number of hydrogen-bond acceptors (Lipinski definition) is 3. The van der Waals surface area contributed by atoms with Crippen molar-refractivity contribution in [3.05, 3.63) is 146 Å². The summed E-state index contributed by atoms with van der Waals surface area (Å²) in [6.07, 6.45) is 1.90. The lowest BCUT2D eigenvalue weighted by atomic mass is 9.94. The Hall–Kier alpha value is -5.38. The van der Waals surface area contributed by atoms with Gasteiger partial charge in [-0.05, 0) is 51.2 Å². The maximum Gasteiger partial charge on any atom is 0.0979 e. The molecule has 2 heterocycles. The van der Waals surface area contributed by atoms with E-state index in [1.54, 1.807) is 0 Å². The zero-order valence-corrected chi connectivity index (χ0v) is 24.0. The molecule has 0 bridgehead atoms. The van der Waals surface area contributed by atoms with Gasteiger partial charge in [-0.3, -0.25) is 4.98 Å². The maximum absolute atomic E-state index is 5.17. The van der Waals surface area contributed by atoms with E-state index >= 15 is 0 Å². The molecule has 0 atom stereocenters. The fourth-order valence-electron chi connectivity index (χ4n) is 6.44. The molecule has 43 heavy (non-hydrogen) atoms. The van der Waals surface area contributed by atoms with Crippen LogP contribution < -0.4 is 0 Å². The van der Waals surface area contributed by atoms with Crippen LogP contribution in [0.2, 0.25) is 0 Å². The lowest BCUT2D eigenvalue weighted by molar-refractivity contribution is 1.31. The molecule has 2 nitrogen and oxygen atoms in total. The van der Waals surface area contributed by atoms with E-state index in [0.717, 1.165) is 33.1 Å². The summed E-state index contributed by atoms with van der Waals surface area (Å²) in [6, 6.07) is 49.9. The van der Waals surface area contributed by atoms with Crippen LogP contribution in [0.4, 0.5) is 0 Å². The van der Waals surface area contributed by atoms with Crippen molar-refractivity contribution in [3.8, 4) is 33.5 Å². The van der Waals surface area contributed by atoms with E-state index in [2.05, 4.69) is 121 Å². The van der Waals surface area contributed by atoms with Crippen molar-refractivity contribution < 1.29 is 0 Å². The van der Waals surface area contributed by atoms with Gasteiger partial charge in [0.25, 0.3) is 0 Å². The van der Waals surface area contributed by atoms with Crippen LogP contribution in [0, 0.1) is 0 Å². The van der Waals surface area contributed by atoms with E-state index in [0.29, 0.717) is 0 Å². The van der Waals surface area contributed by atoms with Crippen LogP contribution in [-0.2, 0) is 0 Å². The minimum atomic E-state index is 0.886. The third-order valence-corrected chi connectivity index (χ3v) is 9.72. The first-order chi connectivity index (χ1) is 21.3. The molecule has 3 heteroatoms. The molecule has 0 fully saturated rings. The second kappa shape index (κ2) is 9.59. The van der Waals surface area contributed by atoms with Gasteiger partial charge in [0.15, 0.2) is 0 Å². The number of benzene rings is 7. The Bertz CT molecular complexity index is 2510. The minimum absolute atomic E-state index is 0.886. The second-order valence-electron chi connectivity index (χ2n) is 11.0. The first-order valence-electron chi connectivity index (χ1n) is 14.5. The summed E-state index contributed by atoms with van der Waals surface area (Å²) in [7, 11) is 0. The van der Waals surface area contributed by atoms with Gasteiger partial charge < -0.3 is 0 Å². The predicted molar refractivity (Wildman–Crippen MR) is 184 cm³/mol. The fraction of sp³-hybridized carbons (Fsp3) is 0. The van der Waals surface area contributed by atoms with Crippen molar-refractivity contribution in [1.29, 1.82) is 0 Å². The second-order valence-corrected chi connectivity index (χ2v) is 12.0. The number of aromatic nitrogens is 2. The van der Waals surface area contributed by atoms with Gasteiger partial charge in [-0.2, -0.15) is 0 Å². The Labute approximate surface area is 252 Å². The zero-order chi connectivity index (χ0) is 28.3. The van der Waals surface area contributed by atoms with Gasteiger partial charge in [-0.1, -0.05) is 121 Å². The van der Waals surface area contributed by atoms with Crippen molar-refractivity contribution in [2.24, 2.45) is 0 Å². The van der Waals surface area contributed by atoms with E-state index in [1.165, 1.54) is 53.2 Å². The highest BCUT2D eigenvalue weighted by Gasteiger charge is 2.15. The monoisotopic (exact) mass is 564 g/mol. The van der Waals surface area contributed by atoms with Crippen LogP contribution >= 0.6 is 11.3 Å². The molecule has 7 aromatic carbocycles. The molecule has 0 amide bonds. The minimum Gasteiger partial charge on any atom is -0.252 e. The van der Waals surface area contributed by atoms with Crippen LogP contribution in [0.3, 0.4) is 0 Å². The summed E-state index contributed by atoms with van der Waals surface area (Å²) in [4.78, 5) is 10.1. The standard InChI is InChI=1S/C40H24N2S/c1-2-10-25(11-3-1)36-24-41-38-32-16-5-4-14-30(32)35-23-27(20-21-33(35)39(38)42-36)26-12-8-13-28(22-26)29-17-9-18-34-31-15-6-7-19-37(31)43-40(29)34/h1-24H. The smallest absolute Gasteiger partial charge is 0.0979 e. The van der Waals surface area contributed by atoms with Crippen molar-refractivity contribution in [2.45, 2.75) is 0 Å². The Morgan fingerprint density at radius 2 is 1.09 bits per heavy atom. The summed E-state index contributed by atoms with van der Waals surface area (Å²) in [5, 5.41) is 7.28. The molecule has 200 valence electrons. The van der Waals surface area contributed by atoms with Crippen LogP contribution in [0.5, 0.6) is 0 Å². The summed E-state index contributed by atoms with van der Waals surface area (Å²) in [6.45, 7) is 0. The molecule has 0 N–H and O–H groups in total. The Morgan fingerprint density at radius 3 is 2.00 bits per heavy atom. The average molecular weight is 565 g/mol. The first kappa shape index (κ1) is 24.2. The lowest BCUT2D eigenvalue weighted by Gasteiger charge is -2.13. The highest BCUT2D eigenvalue weighted by atomic mass is 32.1. The van der Waals surface area contributed by atoms with Crippen LogP contribution in [0.1, 0.15) is 0 Å². The molecular weight excluding hydrogens is 541 g/mol. The summed E-state index contributed by atoms with van der Waals surface area (Å²) < 4.78 is 2.66. The number of thiophene rings is 1. The SMILES string of the molecule is c1ccc(-c2cnc3c4ccccc4c4cc(-c5cccc(-c6cccc7c6sc6ccccc67)c5)ccc4c3n2)cc1. The number of rotatable bonds is 3. The summed E-state index contributed by atoms with van der Waals surface area (Å²) in [5.74, 6) is 0. The molecule has 0 aliphatic rings. The Kier molecular flexibility index (Phi) is 5.40. The summed E-state index contributed by atoms with van der Waals surface area (Å²) >= 11 is 1.88. The van der Waals surface area contributed by atoms with E-state index in [-0.39, 0.29) is 0 Å². The third-order valence-electron chi connectivity index (χ3n) is 8.50. The van der Waals surface area contributed by atoms with E-state index < -0.39 is 0 Å². The molecule has 9 aromatic rings. The predicted octanol–water partition coefficient (Wildman–Crippen LogP) is 11.3.